The van der Waals surface area contributed by atoms with Crippen molar-refractivity contribution in [2.45, 2.75) is 44.5 Å². The van der Waals surface area contributed by atoms with Gasteiger partial charge in [-0.1, -0.05) is 19.1 Å². The van der Waals surface area contributed by atoms with Gasteiger partial charge >= 0.3 is 6.18 Å². The van der Waals surface area contributed by atoms with E-state index in [1.165, 1.54) is 12.1 Å². The zero-order valence-corrected chi connectivity index (χ0v) is 13.5. The molecule has 0 bridgehead atoms. The van der Waals surface area contributed by atoms with E-state index in [9.17, 15) is 23.1 Å². The lowest BCUT2D eigenvalue weighted by molar-refractivity contribution is -0.137. The molecule has 7 heteroatoms. The minimum atomic E-state index is -4.41. The summed E-state index contributed by atoms with van der Waals surface area (Å²) in [5.41, 5.74) is -0.417. The largest absolute Gasteiger partial charge is 0.416 e. The zero-order valence-electron chi connectivity index (χ0n) is 13.5. The molecule has 1 aliphatic rings. The van der Waals surface area contributed by atoms with Gasteiger partial charge < -0.3 is 15.2 Å². The highest BCUT2D eigenvalue weighted by molar-refractivity contribution is 5.79. The van der Waals surface area contributed by atoms with Gasteiger partial charge in [-0.25, -0.2) is 0 Å². The predicted molar refractivity (Wildman–Crippen MR) is 82.2 cm³/mol. The van der Waals surface area contributed by atoms with Crippen LogP contribution in [0.25, 0.3) is 0 Å². The molecule has 1 fully saturated rings. The average molecular weight is 345 g/mol. The fraction of sp³-hybridized carbons (Fsp3) is 0.588. The minimum absolute atomic E-state index is 0.142. The summed E-state index contributed by atoms with van der Waals surface area (Å²) in [5, 5.41) is 13.2. The van der Waals surface area contributed by atoms with Crippen LogP contribution in [-0.2, 0) is 15.7 Å². The summed E-state index contributed by atoms with van der Waals surface area (Å²) in [6.45, 7) is 2.88. The van der Waals surface area contributed by atoms with Crippen LogP contribution in [0.2, 0.25) is 0 Å². The van der Waals surface area contributed by atoms with Gasteiger partial charge in [0, 0.05) is 19.1 Å². The highest BCUT2D eigenvalue weighted by Gasteiger charge is 2.31. The van der Waals surface area contributed by atoms with Gasteiger partial charge in [-0.3, -0.25) is 4.79 Å². The third-order valence-electron chi connectivity index (χ3n) is 4.32. The van der Waals surface area contributed by atoms with Gasteiger partial charge in [0.2, 0.25) is 5.91 Å². The van der Waals surface area contributed by atoms with Gasteiger partial charge in [0.05, 0.1) is 17.7 Å². The molecule has 2 unspecified atom stereocenters. The van der Waals surface area contributed by atoms with Crippen molar-refractivity contribution < 1.29 is 27.8 Å². The van der Waals surface area contributed by atoms with Crippen LogP contribution in [0.4, 0.5) is 13.2 Å². The standard InChI is InChI=1S/C17H22F3NO3/c1-2-14(21-16(23)12-7-9-24-10-8-12)15(22)11-3-5-13(6-4-11)17(18,19)20/h3-6,12,14-15,22H,2,7-10H2,1H3,(H,21,23). The molecule has 1 aliphatic heterocycles. The molecule has 0 saturated carbocycles. The predicted octanol–water partition coefficient (Wildman–Crippen LogP) is 3.06. The Hall–Kier alpha value is -1.60. The van der Waals surface area contributed by atoms with Crippen LogP contribution in [-0.4, -0.2) is 30.3 Å². The minimum Gasteiger partial charge on any atom is -0.386 e. The third-order valence-corrected chi connectivity index (χ3v) is 4.32. The highest BCUT2D eigenvalue weighted by atomic mass is 19.4. The van der Waals surface area contributed by atoms with Crippen molar-refractivity contribution in [3.63, 3.8) is 0 Å². The molecular weight excluding hydrogens is 323 g/mol. The van der Waals surface area contributed by atoms with Crippen molar-refractivity contribution in [1.82, 2.24) is 5.32 Å². The molecule has 0 aromatic heterocycles. The molecule has 134 valence electrons. The number of nitrogens with one attached hydrogen (secondary N) is 1. The number of halogens is 3. The Bertz CT molecular complexity index is 539. The number of carbonyl (C=O) groups is 1. The lowest BCUT2D eigenvalue weighted by Crippen LogP contribution is -2.43. The van der Waals surface area contributed by atoms with Crippen molar-refractivity contribution in [3.8, 4) is 0 Å². The van der Waals surface area contributed by atoms with Crippen molar-refractivity contribution >= 4 is 5.91 Å². The summed E-state index contributed by atoms with van der Waals surface area (Å²) in [7, 11) is 0. The first kappa shape index (κ1) is 18.7. The van der Waals surface area contributed by atoms with E-state index in [2.05, 4.69) is 5.32 Å². The fourth-order valence-electron chi connectivity index (χ4n) is 2.77. The molecule has 1 aromatic rings. The van der Waals surface area contributed by atoms with E-state index in [0.717, 1.165) is 12.1 Å². The molecule has 2 N–H and O–H groups in total. The van der Waals surface area contributed by atoms with Crippen LogP contribution in [0.15, 0.2) is 24.3 Å². The Morgan fingerprint density at radius 3 is 2.38 bits per heavy atom. The first-order valence-corrected chi connectivity index (χ1v) is 8.06. The van der Waals surface area contributed by atoms with Gasteiger partial charge in [0.1, 0.15) is 0 Å². The van der Waals surface area contributed by atoms with Crippen LogP contribution in [0.5, 0.6) is 0 Å². The Balaban J connectivity index is 2.02. The number of aliphatic hydroxyl groups excluding tert-OH is 1. The molecule has 24 heavy (non-hydrogen) atoms. The Morgan fingerprint density at radius 2 is 1.88 bits per heavy atom. The zero-order chi connectivity index (χ0) is 17.7. The number of benzene rings is 1. The molecule has 0 aliphatic carbocycles. The maximum Gasteiger partial charge on any atom is 0.416 e. The quantitative estimate of drug-likeness (QED) is 0.862. The van der Waals surface area contributed by atoms with Crippen LogP contribution < -0.4 is 5.32 Å². The summed E-state index contributed by atoms with van der Waals surface area (Å²) >= 11 is 0. The molecule has 1 saturated heterocycles. The first-order valence-electron chi connectivity index (χ1n) is 8.06. The molecule has 2 rings (SSSR count). The van der Waals surface area contributed by atoms with Crippen LogP contribution in [0.3, 0.4) is 0 Å². The van der Waals surface area contributed by atoms with E-state index in [1.807, 2.05) is 6.92 Å². The van der Waals surface area contributed by atoms with Crippen molar-refractivity contribution in [3.05, 3.63) is 35.4 Å². The molecule has 2 atom stereocenters. The van der Waals surface area contributed by atoms with Crippen molar-refractivity contribution in [2.24, 2.45) is 5.92 Å². The number of hydrogen-bond donors (Lipinski definition) is 2. The molecule has 4 nitrogen and oxygen atoms in total. The smallest absolute Gasteiger partial charge is 0.386 e. The third kappa shape index (κ3) is 4.70. The molecule has 0 spiro atoms. The summed E-state index contributed by atoms with van der Waals surface area (Å²) in [6, 6.07) is 3.82. The molecular formula is C17H22F3NO3. The lowest BCUT2D eigenvalue weighted by Gasteiger charge is -2.27. The summed E-state index contributed by atoms with van der Waals surface area (Å²) in [6.07, 6.45) is -3.72. The van der Waals surface area contributed by atoms with Gasteiger partial charge in [0.15, 0.2) is 0 Å². The number of aliphatic hydroxyl groups is 1. The van der Waals surface area contributed by atoms with Gasteiger partial charge in [-0.15, -0.1) is 0 Å². The summed E-state index contributed by atoms with van der Waals surface area (Å²) in [4.78, 5) is 12.3. The molecule has 1 aromatic carbocycles. The van der Waals surface area contributed by atoms with Gasteiger partial charge in [-0.05, 0) is 37.0 Å². The number of alkyl halides is 3. The maximum absolute atomic E-state index is 12.6. The van der Waals surface area contributed by atoms with Crippen molar-refractivity contribution in [1.29, 1.82) is 0 Å². The molecule has 1 amide bonds. The Morgan fingerprint density at radius 1 is 1.29 bits per heavy atom. The van der Waals surface area contributed by atoms with Crippen molar-refractivity contribution in [2.75, 3.05) is 13.2 Å². The fourth-order valence-corrected chi connectivity index (χ4v) is 2.77. The summed E-state index contributed by atoms with van der Waals surface area (Å²) in [5.74, 6) is -0.288. The van der Waals surface area contributed by atoms with E-state index in [1.54, 1.807) is 0 Å². The SMILES string of the molecule is CCC(NC(=O)C1CCOCC1)C(O)c1ccc(C(F)(F)F)cc1. The second-order valence-corrected chi connectivity index (χ2v) is 5.97. The van der Waals surface area contributed by atoms with E-state index < -0.39 is 23.9 Å². The number of hydrogen-bond acceptors (Lipinski definition) is 3. The van der Waals surface area contributed by atoms with Crippen LogP contribution in [0, 0.1) is 5.92 Å². The topological polar surface area (TPSA) is 58.6 Å². The Kier molecular flexibility index (Phi) is 6.23. The van der Waals surface area contributed by atoms with E-state index in [-0.39, 0.29) is 11.8 Å². The first-order chi connectivity index (χ1) is 11.3. The van der Waals surface area contributed by atoms with E-state index >= 15 is 0 Å². The number of rotatable bonds is 5. The maximum atomic E-state index is 12.6. The van der Waals surface area contributed by atoms with Gasteiger partial charge in [0.25, 0.3) is 0 Å². The second kappa shape index (κ2) is 7.98. The average Bonchev–Trinajstić information content (AvgIpc) is 2.59. The van der Waals surface area contributed by atoms with Crippen LogP contribution in [0.1, 0.15) is 43.4 Å². The van der Waals surface area contributed by atoms with Crippen LogP contribution >= 0.6 is 0 Å². The number of carbonyl (C=O) groups excluding carboxylic acids is 1. The monoisotopic (exact) mass is 345 g/mol. The normalized spacial score (nSPS) is 18.9. The number of amides is 1. The van der Waals surface area contributed by atoms with E-state index in [0.29, 0.717) is 38.0 Å². The molecule has 0 radical (unpaired) electrons. The van der Waals surface area contributed by atoms with E-state index in [4.69, 9.17) is 4.74 Å². The van der Waals surface area contributed by atoms with Gasteiger partial charge in [-0.2, -0.15) is 13.2 Å². The second-order valence-electron chi connectivity index (χ2n) is 5.97. The lowest BCUT2D eigenvalue weighted by atomic mass is 9.96. The summed E-state index contributed by atoms with van der Waals surface area (Å²) < 4.78 is 43.0. The highest BCUT2D eigenvalue weighted by Crippen LogP contribution is 2.30. The number of ether oxygens (including phenoxy) is 1. The molecule has 1 heterocycles. The Labute approximate surface area is 139 Å².